The van der Waals surface area contributed by atoms with Crippen LogP contribution in [0.15, 0.2) is 42.5 Å². The van der Waals surface area contributed by atoms with E-state index in [-0.39, 0.29) is 4.88 Å². The molecule has 0 radical (unpaired) electrons. The lowest BCUT2D eigenvalue weighted by Crippen LogP contribution is -2.03. The average molecular weight is 438 g/mol. The van der Waals surface area contributed by atoms with Crippen LogP contribution in [0.3, 0.4) is 0 Å². The molecule has 140 valence electrons. The van der Waals surface area contributed by atoms with E-state index in [0.717, 1.165) is 40.6 Å². The van der Waals surface area contributed by atoms with Gasteiger partial charge in [-0.25, -0.2) is 22.0 Å². The Morgan fingerprint density at radius 1 is 0.536 bits per heavy atom. The maximum Gasteiger partial charge on any atom is 0.200 e. The predicted molar refractivity (Wildman–Crippen MR) is 106 cm³/mol. The summed E-state index contributed by atoms with van der Waals surface area (Å²) in [6, 6.07) is 13.3. The molecule has 28 heavy (non-hydrogen) atoms. The molecular formula is C20H7F5S3. The molecule has 0 bridgehead atoms. The molecule has 3 heterocycles. The smallest absolute Gasteiger partial charge is 0.200 e. The van der Waals surface area contributed by atoms with Gasteiger partial charge in [-0.05, 0) is 17.7 Å². The highest BCUT2D eigenvalue weighted by Gasteiger charge is 2.28. The Hall–Kier alpha value is -2.29. The summed E-state index contributed by atoms with van der Waals surface area (Å²) in [5.74, 6) is -9.63. The molecule has 0 spiro atoms. The van der Waals surface area contributed by atoms with E-state index in [2.05, 4.69) is 0 Å². The lowest BCUT2D eigenvalue weighted by Gasteiger charge is -2.05. The molecule has 0 saturated heterocycles. The molecule has 5 rings (SSSR count). The van der Waals surface area contributed by atoms with Gasteiger partial charge in [0.1, 0.15) is 0 Å². The van der Waals surface area contributed by atoms with Gasteiger partial charge in [-0.3, -0.25) is 0 Å². The zero-order chi connectivity index (χ0) is 19.6. The number of hydrogen-bond donors (Lipinski definition) is 0. The summed E-state index contributed by atoms with van der Waals surface area (Å²) < 4.78 is 72.2. The fraction of sp³-hybridized carbons (Fsp3) is 0. The van der Waals surface area contributed by atoms with Crippen LogP contribution >= 0.6 is 34.0 Å². The first-order chi connectivity index (χ1) is 13.5. The molecule has 0 unspecified atom stereocenters. The van der Waals surface area contributed by atoms with Crippen LogP contribution in [0.2, 0.25) is 0 Å². The zero-order valence-electron chi connectivity index (χ0n) is 13.7. The summed E-state index contributed by atoms with van der Waals surface area (Å²) in [5, 5.41) is 0. The second-order valence-corrected chi connectivity index (χ2v) is 9.21. The molecule has 0 aliphatic heterocycles. The van der Waals surface area contributed by atoms with Crippen molar-refractivity contribution in [1.29, 1.82) is 0 Å². The highest BCUT2D eigenvalue weighted by Crippen LogP contribution is 2.48. The molecular weight excluding hydrogens is 431 g/mol. The molecule has 0 aliphatic rings. The third kappa shape index (κ3) is 2.52. The topological polar surface area (TPSA) is 0 Å². The van der Waals surface area contributed by atoms with Crippen molar-refractivity contribution >= 4 is 52.8 Å². The fourth-order valence-corrected chi connectivity index (χ4v) is 7.09. The van der Waals surface area contributed by atoms with Crippen molar-refractivity contribution in [3.8, 4) is 20.9 Å². The Kier molecular flexibility index (Phi) is 4.04. The fourth-order valence-electron chi connectivity index (χ4n) is 3.02. The Labute approximate surface area is 167 Å². The van der Waals surface area contributed by atoms with Gasteiger partial charge in [0.15, 0.2) is 23.3 Å². The normalized spacial score (nSPS) is 11.8. The molecule has 0 aliphatic carbocycles. The van der Waals surface area contributed by atoms with E-state index < -0.39 is 34.6 Å². The predicted octanol–water partition coefficient (Wildman–Crippen LogP) is 8.21. The molecule has 5 aromatic rings. The van der Waals surface area contributed by atoms with E-state index in [4.69, 9.17) is 0 Å². The summed E-state index contributed by atoms with van der Waals surface area (Å²) in [4.78, 5) is 1.07. The minimum absolute atomic E-state index is 0.0191. The number of benzene rings is 2. The van der Waals surface area contributed by atoms with Gasteiger partial charge in [-0.15, -0.1) is 34.0 Å². The van der Waals surface area contributed by atoms with Gasteiger partial charge in [0.25, 0.3) is 0 Å². The highest BCUT2D eigenvalue weighted by molar-refractivity contribution is 7.40. The summed E-state index contributed by atoms with van der Waals surface area (Å²) in [6.45, 7) is 0. The molecule has 0 fully saturated rings. The average Bonchev–Trinajstić information content (AvgIpc) is 3.36. The minimum Gasteiger partial charge on any atom is -0.203 e. The maximum atomic E-state index is 14.2. The monoisotopic (exact) mass is 438 g/mol. The number of thiophene rings is 3. The van der Waals surface area contributed by atoms with Crippen LogP contribution in [-0.4, -0.2) is 0 Å². The summed E-state index contributed by atoms with van der Waals surface area (Å²) >= 11 is 4.00. The van der Waals surface area contributed by atoms with Crippen LogP contribution in [0.5, 0.6) is 0 Å². The van der Waals surface area contributed by atoms with Gasteiger partial charge >= 0.3 is 0 Å². The number of rotatable bonds is 2. The van der Waals surface area contributed by atoms with Crippen LogP contribution in [0, 0.1) is 29.1 Å². The Balaban J connectivity index is 1.70. The van der Waals surface area contributed by atoms with Crippen LogP contribution in [-0.2, 0) is 0 Å². The molecule has 2 aromatic carbocycles. The lowest BCUT2D eigenvalue weighted by molar-refractivity contribution is 0.381. The van der Waals surface area contributed by atoms with Crippen molar-refractivity contribution in [2.75, 3.05) is 0 Å². The van der Waals surface area contributed by atoms with Crippen molar-refractivity contribution < 1.29 is 22.0 Å². The first-order valence-corrected chi connectivity index (χ1v) is 10.4. The number of halogens is 5. The van der Waals surface area contributed by atoms with Crippen molar-refractivity contribution in [2.24, 2.45) is 0 Å². The zero-order valence-corrected chi connectivity index (χ0v) is 16.1. The van der Waals surface area contributed by atoms with E-state index >= 15 is 0 Å². The lowest BCUT2D eigenvalue weighted by atomic mass is 10.1. The number of fused-ring (bicyclic) bond motifs is 3. The highest BCUT2D eigenvalue weighted by atomic mass is 32.1. The minimum atomic E-state index is -2.15. The van der Waals surface area contributed by atoms with E-state index in [1.165, 1.54) is 28.7 Å². The van der Waals surface area contributed by atoms with Crippen molar-refractivity contribution in [3.63, 3.8) is 0 Å². The standard InChI is InChI=1S/C20H7F5S3/c21-14-13(15(22)17(24)18(25)16(14)23)10-7-12-20(28-10)19-11(26-12)6-9(27-19)8-4-2-1-3-5-8/h1-7H. The van der Waals surface area contributed by atoms with Gasteiger partial charge < -0.3 is 0 Å². The Morgan fingerprint density at radius 2 is 1.04 bits per heavy atom. The van der Waals surface area contributed by atoms with E-state index in [1.54, 1.807) is 0 Å². The maximum absolute atomic E-state index is 14.2. The third-order valence-corrected chi connectivity index (χ3v) is 8.18. The SMILES string of the molecule is Fc1c(F)c(F)c(-c2cc3sc4cc(-c5ccccc5)sc4c3s2)c(F)c1F. The molecule has 0 saturated carbocycles. The molecule has 0 N–H and O–H groups in total. The van der Waals surface area contributed by atoms with Crippen LogP contribution in [0.1, 0.15) is 0 Å². The van der Waals surface area contributed by atoms with Gasteiger partial charge in [0.05, 0.1) is 15.0 Å². The van der Waals surface area contributed by atoms with Crippen molar-refractivity contribution in [1.82, 2.24) is 0 Å². The van der Waals surface area contributed by atoms with Crippen LogP contribution < -0.4 is 0 Å². The van der Waals surface area contributed by atoms with Crippen LogP contribution in [0.4, 0.5) is 22.0 Å². The van der Waals surface area contributed by atoms with Gasteiger partial charge in [0.2, 0.25) is 5.82 Å². The first-order valence-electron chi connectivity index (χ1n) is 7.99. The second-order valence-electron chi connectivity index (χ2n) is 6.02. The van der Waals surface area contributed by atoms with E-state index in [1.807, 2.05) is 36.4 Å². The van der Waals surface area contributed by atoms with E-state index in [0.29, 0.717) is 0 Å². The van der Waals surface area contributed by atoms with Gasteiger partial charge in [-0.2, -0.15) is 0 Å². The summed E-state index contributed by atoms with van der Waals surface area (Å²) in [6.07, 6.45) is 0. The van der Waals surface area contributed by atoms with Gasteiger partial charge in [-0.1, -0.05) is 30.3 Å². The molecule has 0 amide bonds. The first kappa shape index (κ1) is 17.8. The van der Waals surface area contributed by atoms with Crippen molar-refractivity contribution in [2.45, 2.75) is 0 Å². The Bertz CT molecular complexity index is 1330. The second kappa shape index (κ2) is 6.37. The third-order valence-electron chi connectivity index (χ3n) is 4.34. The number of hydrogen-bond acceptors (Lipinski definition) is 3. The van der Waals surface area contributed by atoms with Gasteiger partial charge in [0, 0.05) is 19.2 Å². The summed E-state index contributed by atoms with van der Waals surface area (Å²) in [7, 11) is 0. The van der Waals surface area contributed by atoms with Crippen LogP contribution in [0.25, 0.3) is 39.7 Å². The molecule has 0 nitrogen and oxygen atoms in total. The summed E-state index contributed by atoms with van der Waals surface area (Å²) in [5.41, 5.74) is 0.179. The van der Waals surface area contributed by atoms with E-state index in [9.17, 15) is 22.0 Å². The largest absolute Gasteiger partial charge is 0.203 e. The molecule has 3 aromatic heterocycles. The van der Waals surface area contributed by atoms with Crippen molar-refractivity contribution in [3.05, 3.63) is 71.6 Å². The Morgan fingerprint density at radius 3 is 1.64 bits per heavy atom. The quantitative estimate of drug-likeness (QED) is 0.148. The molecule has 8 heteroatoms. The molecule has 0 atom stereocenters.